The van der Waals surface area contributed by atoms with Crippen molar-refractivity contribution < 1.29 is 107 Å². The zero-order valence-electron chi connectivity index (χ0n) is 67.5. The number of ether oxygens (including phenoxy) is 3. The van der Waals surface area contributed by atoms with Gasteiger partial charge in [0.2, 0.25) is 35.4 Å². The van der Waals surface area contributed by atoms with Gasteiger partial charge in [0.25, 0.3) is 5.91 Å². The summed E-state index contributed by atoms with van der Waals surface area (Å²) in [5, 5.41) is 63.3. The fourth-order valence-corrected chi connectivity index (χ4v) is 15.2. The molecule has 4 rings (SSSR count). The number of hydrogen-bond acceptors (Lipinski definition) is 24. The van der Waals surface area contributed by atoms with Crippen LogP contribution in [0.2, 0.25) is 0 Å². The first-order valence-electron chi connectivity index (χ1n) is 38.9. The lowest BCUT2D eigenvalue weighted by Gasteiger charge is -2.39. The number of aliphatic carboxylic acids is 3. The Balaban J connectivity index is 1.20. The molecule has 12 amide bonds. The number of nitrogens with zero attached hydrogens (tertiary/aromatic N) is 3. The van der Waals surface area contributed by atoms with Gasteiger partial charge in [-0.25, -0.2) is 29.6 Å². The Hall–Kier alpha value is -10.0. The summed E-state index contributed by atoms with van der Waals surface area (Å²) in [4.78, 5) is 201. The van der Waals surface area contributed by atoms with E-state index in [1.54, 1.807) is 57.2 Å². The number of rotatable bonds is 51. The number of likely N-dealkylation sites (N-methyl/N-ethyl adjacent to an activating group) is 1. The molecule has 39 heteroatoms. The molecule has 15 N–H and O–H groups in total. The average Bonchev–Trinajstić information content (AvgIpc) is 1.02. The molecule has 0 spiro atoms. The van der Waals surface area contributed by atoms with Gasteiger partial charge in [0.15, 0.2) is 12.8 Å². The number of carbonyl (C=O) groups is 15. The largest absolute Gasteiger partial charge is 0.508 e. The molecule has 1 aliphatic heterocycles. The third-order valence-corrected chi connectivity index (χ3v) is 22.2. The highest BCUT2D eigenvalue weighted by Crippen LogP contribution is 2.33. The van der Waals surface area contributed by atoms with E-state index in [1.165, 1.54) is 50.9 Å². The summed E-state index contributed by atoms with van der Waals surface area (Å²) in [5.74, 6) is -9.99. The summed E-state index contributed by atoms with van der Waals surface area (Å²) in [5.41, 5.74) is 6.42. The molecule has 0 bridgehead atoms. The maximum absolute atomic E-state index is 15.0. The highest BCUT2D eigenvalue weighted by atomic mass is 33.1. The van der Waals surface area contributed by atoms with Crippen molar-refractivity contribution in [2.24, 2.45) is 17.8 Å². The van der Waals surface area contributed by atoms with E-state index in [-0.39, 0.29) is 105 Å². The van der Waals surface area contributed by atoms with Crippen LogP contribution in [0.25, 0.3) is 0 Å². The summed E-state index contributed by atoms with van der Waals surface area (Å²) >= 11 is 1.04. The number of esters is 2. The van der Waals surface area contributed by atoms with Gasteiger partial charge in [0, 0.05) is 86.2 Å². The molecular formula is C77H116N14O22S3. The first-order chi connectivity index (χ1) is 55.0. The summed E-state index contributed by atoms with van der Waals surface area (Å²) in [6, 6.07) is 5.28. The predicted octanol–water partition coefficient (Wildman–Crippen LogP) is 5.71. The summed E-state index contributed by atoms with van der Waals surface area (Å²) in [6.07, 6.45) is 2.20. The van der Waals surface area contributed by atoms with Crippen molar-refractivity contribution in [1.82, 2.24) is 73.5 Å². The molecule has 1 aliphatic rings. The second-order valence-electron chi connectivity index (χ2n) is 29.0. The Kier molecular flexibility index (Phi) is 44.5. The number of phenols is 1. The van der Waals surface area contributed by atoms with E-state index in [2.05, 4.69) is 63.7 Å². The molecule has 644 valence electrons. The number of carboxylic acids is 3. The number of nitrogens with one attached hydrogen (secondary N) is 11. The number of amides is 12. The summed E-state index contributed by atoms with van der Waals surface area (Å²) in [6.45, 7) is 15.7. The topological polar surface area (TPSA) is 516 Å². The molecule has 0 saturated carbocycles. The van der Waals surface area contributed by atoms with E-state index in [0.29, 0.717) is 73.3 Å². The van der Waals surface area contributed by atoms with Crippen molar-refractivity contribution in [3.8, 4) is 5.75 Å². The first kappa shape index (κ1) is 98.3. The lowest BCUT2D eigenvalue weighted by Crippen LogP contribution is -2.59. The Morgan fingerprint density at radius 3 is 2.03 bits per heavy atom. The van der Waals surface area contributed by atoms with E-state index < -0.39 is 157 Å². The number of likely N-dealkylation sites (tertiary alicyclic amines) is 1. The van der Waals surface area contributed by atoms with Crippen LogP contribution >= 0.6 is 32.9 Å². The summed E-state index contributed by atoms with van der Waals surface area (Å²) < 4.78 is 16.8. The third kappa shape index (κ3) is 38.2. The molecular weight excluding hydrogens is 1570 g/mol. The molecule has 36 nitrogen and oxygen atoms in total. The zero-order valence-corrected chi connectivity index (χ0v) is 70.0. The first-order valence-corrected chi connectivity index (χ1v) is 42.3. The lowest BCUT2D eigenvalue weighted by molar-refractivity contribution is -0.160. The maximum atomic E-state index is 15.0. The molecule has 1 fully saturated rings. The van der Waals surface area contributed by atoms with Crippen LogP contribution in [0.5, 0.6) is 5.75 Å². The average molecular weight is 1690 g/mol. The van der Waals surface area contributed by atoms with E-state index in [1.807, 2.05) is 46.6 Å². The van der Waals surface area contributed by atoms with Crippen molar-refractivity contribution in [2.45, 2.75) is 232 Å². The number of piperidine rings is 1. The number of hydrogen-bond donors (Lipinski definition) is 15. The molecule has 1 saturated heterocycles. The molecule has 1 aromatic heterocycles. The number of unbranched alkanes of at least 4 members (excludes halogenated alkanes) is 1. The number of carbonyl (C=O) groups excluding carboxylic acids is 12. The van der Waals surface area contributed by atoms with Crippen LogP contribution in [0.1, 0.15) is 197 Å². The zero-order chi connectivity index (χ0) is 86.0. The minimum Gasteiger partial charge on any atom is -0.508 e. The van der Waals surface area contributed by atoms with Gasteiger partial charge in [-0.3, -0.25) is 63.1 Å². The van der Waals surface area contributed by atoms with Gasteiger partial charge in [-0.1, -0.05) is 112 Å². The van der Waals surface area contributed by atoms with Crippen LogP contribution in [0.15, 0.2) is 53.9 Å². The van der Waals surface area contributed by atoms with E-state index in [4.69, 9.17) is 19.3 Å². The molecule has 2 unspecified atom stereocenters. The van der Waals surface area contributed by atoms with Crippen LogP contribution in [0.4, 0.5) is 14.4 Å². The van der Waals surface area contributed by atoms with Crippen LogP contribution in [-0.2, 0) is 86.3 Å². The van der Waals surface area contributed by atoms with Gasteiger partial charge in [0.1, 0.15) is 41.2 Å². The van der Waals surface area contributed by atoms with Gasteiger partial charge >= 0.3 is 48.0 Å². The minimum atomic E-state index is -1.52. The van der Waals surface area contributed by atoms with Gasteiger partial charge in [-0.05, 0) is 132 Å². The van der Waals surface area contributed by atoms with Gasteiger partial charge in [-0.15, -0.1) is 11.3 Å². The number of phenolic OH excluding ortho intramolecular Hbond substituents is 1. The van der Waals surface area contributed by atoms with Crippen LogP contribution < -0.4 is 58.7 Å². The molecule has 2 heterocycles. The van der Waals surface area contributed by atoms with Gasteiger partial charge in [0.05, 0.1) is 25.4 Å². The number of carboxylic acid groups (broad SMARTS) is 3. The standard InChI is InChI=1S/C77H116N14O22S3/c1-11-18-66(100)112-44-91(73(105)67(46(5)12-2)87-71(104)59-21-14-16-32-90(59)10)60(45(3)4)39-61(113-50(9)92)72-85-58(43-114-72)70(103)83-54(36-51-27-29-55(93)30-28-51)35-47(6)68(101)88-89-77(110)111-33-34-115-116-42-49(8)81-63(95)41-79-69(102)57(38-65(98)99)84-62(94)37-52-23-25-53(26-24-52)40-80-75(108)78-31-15-13-19-48(7)82-76(109)86-56(74(106)107)20-17-22-64(96)97/h23-30,43,45-49,54,56-57,59-61,67,93H,11-22,31-42,44H2,1-10H3,(H,79,102)(H,81,95)(H,83,103)(H,84,94)(H,87,104)(H,88,101)(H,89,110)(H,96,97)(H,98,99)(H,106,107)(H2,78,80,108)(H2,82,86,109)/t46?,47-,48+,49+,54+,56?,57-,59+,60+,61+,67-/m0/s1. The fourth-order valence-electron chi connectivity index (χ4n) is 12.2. The number of urea groups is 2. The lowest BCUT2D eigenvalue weighted by atomic mass is 9.92. The van der Waals surface area contributed by atoms with E-state index in [0.717, 1.165) is 30.7 Å². The molecule has 0 aliphatic carbocycles. The highest BCUT2D eigenvalue weighted by Gasteiger charge is 2.40. The molecule has 0 radical (unpaired) electrons. The molecule has 11 atom stereocenters. The number of hydrazine groups is 1. The van der Waals surface area contributed by atoms with E-state index in [9.17, 15) is 82.4 Å². The van der Waals surface area contributed by atoms with Crippen LogP contribution in [0.3, 0.4) is 0 Å². The Bertz CT molecular complexity index is 3730. The predicted molar refractivity (Wildman–Crippen MR) is 432 cm³/mol. The quantitative estimate of drug-likeness (QED) is 0.00804. The Labute approximate surface area is 687 Å². The van der Waals surface area contributed by atoms with Crippen LogP contribution in [-0.4, -0.2) is 224 Å². The minimum absolute atomic E-state index is 0.00540. The number of benzene rings is 2. The Morgan fingerprint density at radius 1 is 0.690 bits per heavy atom. The van der Waals surface area contributed by atoms with E-state index >= 15 is 4.79 Å². The van der Waals surface area contributed by atoms with Crippen molar-refractivity contribution in [3.63, 3.8) is 0 Å². The number of aromatic hydroxyl groups is 1. The SMILES string of the molecule is CCCC(=O)OCN(C(=O)[C@@H](NC(=O)[C@H]1CCCCN1C)C(C)CC)[C@H](C[C@@H](OC(C)=O)c1nc(C(=O)N[C@@H](Cc2ccc(O)cc2)C[C@H](C)C(=O)NNC(=O)OCCSSC[C@@H](C)NC(=O)CNC(=O)[C@H](CC(=O)O)NC(=O)Cc2ccc(CNC(=O)NCCCC[C@@H](C)NC(=O)NC(CCCC(=O)O)C(=O)O)cc2)cs1)C(C)C. The number of aromatic nitrogens is 1. The smallest absolute Gasteiger partial charge is 0.426 e. The second-order valence-corrected chi connectivity index (χ2v) is 32.5. The normalized spacial score (nSPS) is 15.2. The van der Waals surface area contributed by atoms with Crippen molar-refractivity contribution >= 4 is 122 Å². The summed E-state index contributed by atoms with van der Waals surface area (Å²) in [7, 11) is 4.52. The van der Waals surface area contributed by atoms with Crippen LogP contribution in [0, 0.1) is 17.8 Å². The maximum Gasteiger partial charge on any atom is 0.426 e. The van der Waals surface area contributed by atoms with Crippen molar-refractivity contribution in [3.05, 3.63) is 81.3 Å². The second kappa shape index (κ2) is 52.5. The van der Waals surface area contributed by atoms with Gasteiger partial charge in [-0.2, -0.15) is 0 Å². The number of thiazole rings is 1. The molecule has 3 aromatic rings. The van der Waals surface area contributed by atoms with Crippen molar-refractivity contribution in [1.29, 1.82) is 0 Å². The van der Waals surface area contributed by atoms with Crippen molar-refractivity contribution in [2.75, 3.05) is 51.5 Å². The molecule has 2 aromatic carbocycles. The highest BCUT2D eigenvalue weighted by molar-refractivity contribution is 8.76. The molecule has 116 heavy (non-hydrogen) atoms. The third-order valence-electron chi connectivity index (χ3n) is 18.8. The van der Waals surface area contributed by atoms with Gasteiger partial charge < -0.3 is 87.4 Å². The fraction of sp³-hybridized carbons (Fsp3) is 0.610. The Morgan fingerprint density at radius 2 is 1.39 bits per heavy atom. The monoisotopic (exact) mass is 1680 g/mol.